The van der Waals surface area contributed by atoms with E-state index in [2.05, 4.69) is 58.0 Å². The standard InChI is InChI=1S/C27H42O3/c1-6-10-12-21(8-3)19-29-25-15-14-23-17-26(28-5)27(18-24(23)16-25)30-20-22(9-4)13-11-7-2/h14-18,21-22H,6-13,19-20H2,1-5H3. The van der Waals surface area contributed by atoms with E-state index in [1.165, 1.54) is 44.9 Å². The molecule has 30 heavy (non-hydrogen) atoms. The Morgan fingerprint density at radius 2 is 1.30 bits per heavy atom. The van der Waals surface area contributed by atoms with Gasteiger partial charge >= 0.3 is 0 Å². The van der Waals surface area contributed by atoms with Gasteiger partial charge < -0.3 is 14.2 Å². The molecule has 168 valence electrons. The Morgan fingerprint density at radius 1 is 0.700 bits per heavy atom. The monoisotopic (exact) mass is 414 g/mol. The predicted molar refractivity (Wildman–Crippen MR) is 128 cm³/mol. The molecule has 0 aliphatic carbocycles. The van der Waals surface area contributed by atoms with Crippen molar-refractivity contribution in [3.05, 3.63) is 30.3 Å². The Kier molecular flexibility index (Phi) is 10.9. The number of benzene rings is 2. The summed E-state index contributed by atoms with van der Waals surface area (Å²) in [6.45, 7) is 10.5. The van der Waals surface area contributed by atoms with Crippen LogP contribution < -0.4 is 14.2 Å². The third kappa shape index (κ3) is 7.41. The highest BCUT2D eigenvalue weighted by Gasteiger charge is 2.12. The SMILES string of the molecule is CCCCC(CC)COc1ccc2cc(OC)c(OCC(CC)CCCC)cc2c1. The average Bonchev–Trinajstić information content (AvgIpc) is 2.78. The highest BCUT2D eigenvalue weighted by Crippen LogP contribution is 2.34. The van der Waals surface area contributed by atoms with Crippen LogP contribution in [0, 0.1) is 11.8 Å². The Labute approximate surface area is 184 Å². The first-order chi connectivity index (χ1) is 14.6. The van der Waals surface area contributed by atoms with Crippen molar-refractivity contribution in [2.24, 2.45) is 11.8 Å². The second kappa shape index (κ2) is 13.4. The van der Waals surface area contributed by atoms with Crippen LogP contribution in [0.3, 0.4) is 0 Å². The fraction of sp³-hybridized carbons (Fsp3) is 0.630. The summed E-state index contributed by atoms with van der Waals surface area (Å²) in [4.78, 5) is 0. The van der Waals surface area contributed by atoms with Crippen molar-refractivity contribution in [3.8, 4) is 17.2 Å². The van der Waals surface area contributed by atoms with Crippen LogP contribution in [0.2, 0.25) is 0 Å². The van der Waals surface area contributed by atoms with Crippen molar-refractivity contribution >= 4 is 10.8 Å². The molecule has 0 N–H and O–H groups in total. The summed E-state index contributed by atoms with van der Waals surface area (Å²) >= 11 is 0. The maximum atomic E-state index is 6.22. The van der Waals surface area contributed by atoms with Crippen LogP contribution in [-0.2, 0) is 0 Å². The number of unbranched alkanes of at least 4 members (excludes halogenated alkanes) is 2. The molecule has 2 aromatic carbocycles. The average molecular weight is 415 g/mol. The molecule has 2 aromatic rings. The fourth-order valence-electron chi connectivity index (χ4n) is 3.81. The van der Waals surface area contributed by atoms with Crippen molar-refractivity contribution in [1.82, 2.24) is 0 Å². The summed E-state index contributed by atoms with van der Waals surface area (Å²) in [6, 6.07) is 10.5. The first kappa shape index (κ1) is 24.4. The van der Waals surface area contributed by atoms with E-state index >= 15 is 0 Å². The lowest BCUT2D eigenvalue weighted by molar-refractivity contribution is 0.224. The molecule has 0 heterocycles. The Bertz CT molecular complexity index is 740. The zero-order chi connectivity index (χ0) is 21.8. The van der Waals surface area contributed by atoms with Crippen LogP contribution in [0.5, 0.6) is 17.2 Å². The summed E-state index contributed by atoms with van der Waals surface area (Å²) in [5.41, 5.74) is 0. The van der Waals surface area contributed by atoms with Gasteiger partial charge in [0.2, 0.25) is 0 Å². The van der Waals surface area contributed by atoms with Gasteiger partial charge in [0.05, 0.1) is 20.3 Å². The van der Waals surface area contributed by atoms with E-state index < -0.39 is 0 Å². The van der Waals surface area contributed by atoms with Crippen molar-refractivity contribution in [1.29, 1.82) is 0 Å². The summed E-state index contributed by atoms with van der Waals surface area (Å²) < 4.78 is 18.0. The molecule has 3 nitrogen and oxygen atoms in total. The molecule has 0 amide bonds. The van der Waals surface area contributed by atoms with Gasteiger partial charge in [-0.25, -0.2) is 0 Å². The topological polar surface area (TPSA) is 27.7 Å². The van der Waals surface area contributed by atoms with Crippen LogP contribution >= 0.6 is 0 Å². The number of hydrogen-bond donors (Lipinski definition) is 0. The smallest absolute Gasteiger partial charge is 0.161 e. The number of ether oxygens (including phenoxy) is 3. The predicted octanol–water partition coefficient (Wildman–Crippen LogP) is 8.04. The summed E-state index contributed by atoms with van der Waals surface area (Å²) in [7, 11) is 1.71. The molecule has 3 heteroatoms. The normalized spacial score (nSPS) is 13.2. The van der Waals surface area contributed by atoms with E-state index in [1.54, 1.807) is 7.11 Å². The molecule has 2 atom stereocenters. The lowest BCUT2D eigenvalue weighted by Gasteiger charge is -2.18. The number of fused-ring (bicyclic) bond motifs is 1. The molecule has 0 spiro atoms. The second-order valence-electron chi connectivity index (χ2n) is 8.47. The van der Waals surface area contributed by atoms with Crippen molar-refractivity contribution < 1.29 is 14.2 Å². The molecular weight excluding hydrogens is 372 g/mol. The van der Waals surface area contributed by atoms with Gasteiger partial charge in [-0.05, 0) is 59.7 Å². The Balaban J connectivity index is 2.11. The zero-order valence-corrected chi connectivity index (χ0v) is 19.8. The Morgan fingerprint density at radius 3 is 1.87 bits per heavy atom. The molecular formula is C27H42O3. The second-order valence-corrected chi connectivity index (χ2v) is 8.47. The molecule has 0 saturated carbocycles. The molecule has 0 fully saturated rings. The largest absolute Gasteiger partial charge is 0.493 e. The van der Waals surface area contributed by atoms with Gasteiger partial charge in [0.1, 0.15) is 5.75 Å². The third-order valence-electron chi connectivity index (χ3n) is 6.14. The molecule has 0 saturated heterocycles. The molecule has 2 unspecified atom stereocenters. The summed E-state index contributed by atoms with van der Waals surface area (Å²) in [5.74, 6) is 3.78. The van der Waals surface area contributed by atoms with Gasteiger partial charge in [-0.3, -0.25) is 0 Å². The van der Waals surface area contributed by atoms with Gasteiger partial charge in [-0.1, -0.05) is 72.3 Å². The summed E-state index contributed by atoms with van der Waals surface area (Å²) in [5, 5.41) is 2.27. The first-order valence-electron chi connectivity index (χ1n) is 12.0. The van der Waals surface area contributed by atoms with Crippen LogP contribution in [0.25, 0.3) is 10.8 Å². The van der Waals surface area contributed by atoms with Crippen molar-refractivity contribution in [3.63, 3.8) is 0 Å². The quantitative estimate of drug-likeness (QED) is 0.295. The minimum Gasteiger partial charge on any atom is -0.493 e. The van der Waals surface area contributed by atoms with Gasteiger partial charge in [0.15, 0.2) is 11.5 Å². The lowest BCUT2D eigenvalue weighted by Crippen LogP contribution is -2.12. The van der Waals surface area contributed by atoms with E-state index in [0.717, 1.165) is 47.7 Å². The van der Waals surface area contributed by atoms with Gasteiger partial charge in [0, 0.05) is 0 Å². The Hall–Kier alpha value is -1.90. The van der Waals surface area contributed by atoms with Gasteiger partial charge in [0.25, 0.3) is 0 Å². The van der Waals surface area contributed by atoms with Crippen LogP contribution in [0.15, 0.2) is 30.3 Å². The maximum absolute atomic E-state index is 6.22. The molecule has 0 aromatic heterocycles. The van der Waals surface area contributed by atoms with Gasteiger partial charge in [-0.15, -0.1) is 0 Å². The molecule has 0 radical (unpaired) electrons. The fourth-order valence-corrected chi connectivity index (χ4v) is 3.81. The van der Waals surface area contributed by atoms with Crippen LogP contribution in [0.4, 0.5) is 0 Å². The zero-order valence-electron chi connectivity index (χ0n) is 19.8. The van der Waals surface area contributed by atoms with E-state index in [4.69, 9.17) is 14.2 Å². The van der Waals surface area contributed by atoms with E-state index in [9.17, 15) is 0 Å². The minimum absolute atomic E-state index is 0.592. The van der Waals surface area contributed by atoms with Crippen molar-refractivity contribution in [2.75, 3.05) is 20.3 Å². The number of hydrogen-bond acceptors (Lipinski definition) is 3. The van der Waals surface area contributed by atoms with E-state index in [1.807, 2.05) is 0 Å². The number of methoxy groups -OCH3 is 1. The third-order valence-corrected chi connectivity index (χ3v) is 6.14. The molecule has 0 aliphatic rings. The molecule has 0 aliphatic heterocycles. The first-order valence-corrected chi connectivity index (χ1v) is 12.0. The van der Waals surface area contributed by atoms with Gasteiger partial charge in [-0.2, -0.15) is 0 Å². The van der Waals surface area contributed by atoms with E-state index in [0.29, 0.717) is 11.8 Å². The highest BCUT2D eigenvalue weighted by molar-refractivity contribution is 5.87. The lowest BCUT2D eigenvalue weighted by atomic mass is 10.0. The van der Waals surface area contributed by atoms with E-state index in [-0.39, 0.29) is 0 Å². The maximum Gasteiger partial charge on any atom is 0.161 e. The highest BCUT2D eigenvalue weighted by atomic mass is 16.5. The van der Waals surface area contributed by atoms with Crippen LogP contribution in [0.1, 0.15) is 79.1 Å². The number of rotatable bonds is 15. The molecule has 0 bridgehead atoms. The molecule has 2 rings (SSSR count). The van der Waals surface area contributed by atoms with Crippen molar-refractivity contribution in [2.45, 2.75) is 79.1 Å². The summed E-state index contributed by atoms with van der Waals surface area (Å²) in [6.07, 6.45) is 9.78. The van der Waals surface area contributed by atoms with Crippen LogP contribution in [-0.4, -0.2) is 20.3 Å². The minimum atomic E-state index is 0.592.